The molecule has 0 unspecified atom stereocenters. The molecular formula is C10H15N3. The molecule has 0 fully saturated rings. The van der Waals surface area contributed by atoms with E-state index in [4.69, 9.17) is 6.42 Å². The lowest BCUT2D eigenvalue weighted by Crippen LogP contribution is -2.17. The SMILES string of the molecule is C#CCN(C)c1cc(C(C)C)[nH]n1. The molecule has 3 heteroatoms. The highest BCUT2D eigenvalue weighted by atomic mass is 15.3. The van der Waals surface area contributed by atoms with E-state index in [1.54, 1.807) is 0 Å². The summed E-state index contributed by atoms with van der Waals surface area (Å²) < 4.78 is 0. The van der Waals surface area contributed by atoms with Gasteiger partial charge in [-0.2, -0.15) is 5.10 Å². The van der Waals surface area contributed by atoms with Crippen molar-refractivity contribution < 1.29 is 0 Å². The van der Waals surface area contributed by atoms with Crippen LogP contribution in [-0.4, -0.2) is 23.8 Å². The number of terminal acetylenes is 1. The fourth-order valence-corrected chi connectivity index (χ4v) is 1.03. The molecule has 0 spiro atoms. The minimum atomic E-state index is 0.473. The van der Waals surface area contributed by atoms with Gasteiger partial charge in [-0.05, 0) is 5.92 Å². The molecule has 0 amide bonds. The van der Waals surface area contributed by atoms with E-state index in [0.717, 1.165) is 11.5 Å². The van der Waals surface area contributed by atoms with Crippen molar-refractivity contribution in [3.8, 4) is 12.3 Å². The number of rotatable bonds is 3. The van der Waals surface area contributed by atoms with Gasteiger partial charge < -0.3 is 4.90 Å². The molecule has 70 valence electrons. The standard InChI is InChI=1S/C10H15N3/c1-5-6-13(4)10-7-9(8(2)3)11-12-10/h1,7-8H,6H2,2-4H3,(H,11,12). The van der Waals surface area contributed by atoms with Crippen LogP contribution in [0.2, 0.25) is 0 Å². The van der Waals surface area contributed by atoms with Gasteiger partial charge in [0.1, 0.15) is 0 Å². The summed E-state index contributed by atoms with van der Waals surface area (Å²) in [6, 6.07) is 2.03. The maximum absolute atomic E-state index is 5.20. The third-order valence-corrected chi connectivity index (χ3v) is 1.93. The van der Waals surface area contributed by atoms with E-state index >= 15 is 0 Å². The maximum Gasteiger partial charge on any atom is 0.151 e. The smallest absolute Gasteiger partial charge is 0.151 e. The molecule has 13 heavy (non-hydrogen) atoms. The zero-order valence-electron chi connectivity index (χ0n) is 8.33. The Morgan fingerprint density at radius 2 is 2.38 bits per heavy atom. The molecular weight excluding hydrogens is 162 g/mol. The Kier molecular flexibility index (Phi) is 2.97. The van der Waals surface area contributed by atoms with Crippen LogP contribution in [0.15, 0.2) is 6.07 Å². The monoisotopic (exact) mass is 177 g/mol. The van der Waals surface area contributed by atoms with Gasteiger partial charge >= 0.3 is 0 Å². The highest BCUT2D eigenvalue weighted by Gasteiger charge is 2.06. The number of hydrogen-bond acceptors (Lipinski definition) is 2. The van der Waals surface area contributed by atoms with Gasteiger partial charge in [0.25, 0.3) is 0 Å². The van der Waals surface area contributed by atoms with Crippen LogP contribution in [0.4, 0.5) is 5.82 Å². The van der Waals surface area contributed by atoms with E-state index in [9.17, 15) is 0 Å². The Labute approximate surface area is 79.1 Å². The lowest BCUT2D eigenvalue weighted by atomic mass is 10.1. The molecule has 1 N–H and O–H groups in total. The minimum absolute atomic E-state index is 0.473. The lowest BCUT2D eigenvalue weighted by Gasteiger charge is -2.10. The van der Waals surface area contributed by atoms with Crippen molar-refractivity contribution in [2.75, 3.05) is 18.5 Å². The number of nitrogens with one attached hydrogen (secondary N) is 1. The Bertz CT molecular complexity index is 306. The molecule has 0 aliphatic heterocycles. The van der Waals surface area contributed by atoms with Crippen LogP contribution in [0.5, 0.6) is 0 Å². The highest BCUT2D eigenvalue weighted by Crippen LogP contribution is 2.16. The van der Waals surface area contributed by atoms with E-state index in [0.29, 0.717) is 12.5 Å². The van der Waals surface area contributed by atoms with Gasteiger partial charge in [-0.25, -0.2) is 0 Å². The van der Waals surface area contributed by atoms with Gasteiger partial charge in [0.2, 0.25) is 0 Å². The van der Waals surface area contributed by atoms with Gasteiger partial charge in [-0.3, -0.25) is 5.10 Å². The summed E-state index contributed by atoms with van der Waals surface area (Å²) >= 11 is 0. The van der Waals surface area contributed by atoms with E-state index in [-0.39, 0.29) is 0 Å². The first-order chi connectivity index (χ1) is 6.15. The average Bonchev–Trinajstić information content (AvgIpc) is 2.52. The molecule has 0 atom stereocenters. The summed E-state index contributed by atoms with van der Waals surface area (Å²) in [6.45, 7) is 4.83. The Morgan fingerprint density at radius 3 is 2.85 bits per heavy atom. The van der Waals surface area contributed by atoms with Crippen LogP contribution < -0.4 is 4.90 Å². The molecule has 0 bridgehead atoms. The second kappa shape index (κ2) is 3.99. The van der Waals surface area contributed by atoms with Crippen molar-refractivity contribution in [1.29, 1.82) is 0 Å². The average molecular weight is 177 g/mol. The number of hydrogen-bond donors (Lipinski definition) is 1. The predicted molar refractivity (Wildman–Crippen MR) is 54.8 cm³/mol. The summed E-state index contributed by atoms with van der Waals surface area (Å²) in [5, 5.41) is 7.15. The highest BCUT2D eigenvalue weighted by molar-refractivity contribution is 5.40. The van der Waals surface area contributed by atoms with E-state index in [1.807, 2.05) is 18.0 Å². The van der Waals surface area contributed by atoms with Crippen molar-refractivity contribution >= 4 is 5.82 Å². The van der Waals surface area contributed by atoms with Gasteiger partial charge in [-0.1, -0.05) is 19.8 Å². The Morgan fingerprint density at radius 1 is 1.69 bits per heavy atom. The maximum atomic E-state index is 5.20. The lowest BCUT2D eigenvalue weighted by molar-refractivity contribution is 0.809. The fraction of sp³-hybridized carbons (Fsp3) is 0.500. The van der Waals surface area contributed by atoms with Crippen LogP contribution in [0, 0.1) is 12.3 Å². The van der Waals surface area contributed by atoms with Gasteiger partial charge in [0.05, 0.1) is 6.54 Å². The number of aromatic nitrogens is 2. The first-order valence-electron chi connectivity index (χ1n) is 4.35. The van der Waals surface area contributed by atoms with Crippen LogP contribution >= 0.6 is 0 Å². The predicted octanol–water partition coefficient (Wildman–Crippen LogP) is 1.60. The second-order valence-electron chi connectivity index (χ2n) is 3.40. The summed E-state index contributed by atoms with van der Waals surface area (Å²) in [4.78, 5) is 1.93. The normalized spacial score (nSPS) is 10.1. The van der Waals surface area contributed by atoms with Gasteiger partial charge in [0.15, 0.2) is 5.82 Å². The van der Waals surface area contributed by atoms with E-state index in [2.05, 4.69) is 30.0 Å². The van der Waals surface area contributed by atoms with Crippen molar-refractivity contribution in [1.82, 2.24) is 10.2 Å². The molecule has 3 nitrogen and oxygen atoms in total. The molecule has 0 aromatic carbocycles. The molecule has 1 aromatic rings. The first-order valence-corrected chi connectivity index (χ1v) is 4.35. The number of anilines is 1. The van der Waals surface area contributed by atoms with Crippen molar-refractivity contribution in [3.05, 3.63) is 11.8 Å². The first kappa shape index (κ1) is 9.66. The third kappa shape index (κ3) is 2.25. The topological polar surface area (TPSA) is 31.9 Å². The molecule has 1 heterocycles. The zero-order chi connectivity index (χ0) is 9.84. The Hall–Kier alpha value is -1.43. The zero-order valence-corrected chi connectivity index (χ0v) is 8.33. The summed E-state index contributed by atoms with van der Waals surface area (Å²) in [5.41, 5.74) is 1.14. The molecule has 1 rings (SSSR count). The van der Waals surface area contributed by atoms with Crippen LogP contribution in [-0.2, 0) is 0 Å². The van der Waals surface area contributed by atoms with Gasteiger partial charge in [0, 0.05) is 18.8 Å². The Balaban J connectivity index is 2.74. The molecule has 0 radical (unpaired) electrons. The largest absolute Gasteiger partial charge is 0.347 e. The fourth-order valence-electron chi connectivity index (χ4n) is 1.03. The van der Waals surface area contributed by atoms with Crippen molar-refractivity contribution in [2.45, 2.75) is 19.8 Å². The molecule has 0 saturated carbocycles. The molecule has 0 saturated heterocycles. The second-order valence-corrected chi connectivity index (χ2v) is 3.40. The molecule has 1 aromatic heterocycles. The van der Waals surface area contributed by atoms with Gasteiger partial charge in [-0.15, -0.1) is 6.42 Å². The van der Waals surface area contributed by atoms with E-state index < -0.39 is 0 Å². The number of H-pyrrole nitrogens is 1. The summed E-state index contributed by atoms with van der Waals surface area (Å²) in [6.07, 6.45) is 5.20. The minimum Gasteiger partial charge on any atom is -0.347 e. The van der Waals surface area contributed by atoms with Crippen LogP contribution in [0.3, 0.4) is 0 Å². The molecule has 0 aliphatic rings. The molecule has 0 aliphatic carbocycles. The van der Waals surface area contributed by atoms with Crippen LogP contribution in [0.25, 0.3) is 0 Å². The number of aromatic amines is 1. The van der Waals surface area contributed by atoms with Crippen LogP contribution in [0.1, 0.15) is 25.5 Å². The number of nitrogens with zero attached hydrogens (tertiary/aromatic N) is 2. The van der Waals surface area contributed by atoms with Crippen molar-refractivity contribution in [2.24, 2.45) is 0 Å². The summed E-state index contributed by atoms with van der Waals surface area (Å²) in [7, 11) is 1.93. The van der Waals surface area contributed by atoms with Crippen molar-refractivity contribution in [3.63, 3.8) is 0 Å². The van der Waals surface area contributed by atoms with E-state index in [1.165, 1.54) is 0 Å². The third-order valence-electron chi connectivity index (χ3n) is 1.93. The summed E-state index contributed by atoms with van der Waals surface area (Å²) in [5.74, 6) is 3.95. The quantitative estimate of drug-likeness (QED) is 0.711.